The van der Waals surface area contributed by atoms with E-state index in [0.717, 1.165) is 16.5 Å². The number of carbonyl (C=O) groups excluding carboxylic acids is 1. The number of nitrogens with zero attached hydrogens (tertiary/aromatic N) is 4. The highest BCUT2D eigenvalue weighted by Gasteiger charge is 2.16. The van der Waals surface area contributed by atoms with Crippen molar-refractivity contribution >= 4 is 16.7 Å². The zero-order valence-corrected chi connectivity index (χ0v) is 16.6. The van der Waals surface area contributed by atoms with Crippen LogP contribution in [0.25, 0.3) is 10.8 Å². The van der Waals surface area contributed by atoms with Gasteiger partial charge in [-0.05, 0) is 19.1 Å². The Hall–Kier alpha value is -3.88. The zero-order valence-electron chi connectivity index (χ0n) is 16.6. The molecule has 0 unspecified atom stereocenters. The summed E-state index contributed by atoms with van der Waals surface area (Å²) in [6, 6.07) is 12.9. The minimum Gasteiger partial charge on any atom is -0.496 e. The lowest BCUT2D eigenvalue weighted by atomic mass is 10.1. The van der Waals surface area contributed by atoms with Crippen LogP contribution in [0.4, 0.5) is 0 Å². The highest BCUT2D eigenvalue weighted by molar-refractivity contribution is 5.93. The molecule has 4 rings (SSSR count). The molecule has 9 heteroatoms. The molecule has 0 saturated carbocycles. The van der Waals surface area contributed by atoms with E-state index in [9.17, 15) is 4.79 Å². The minimum atomic E-state index is -0.326. The number of aromatic nitrogens is 4. The number of carbonyl (C=O) groups is 1. The largest absolute Gasteiger partial charge is 0.496 e. The molecule has 1 N–H and O–H groups in total. The van der Waals surface area contributed by atoms with Crippen molar-refractivity contribution in [3.8, 4) is 11.5 Å². The van der Waals surface area contributed by atoms with Gasteiger partial charge in [0, 0.05) is 22.9 Å². The first-order valence-corrected chi connectivity index (χ1v) is 9.41. The van der Waals surface area contributed by atoms with Crippen LogP contribution >= 0.6 is 0 Å². The van der Waals surface area contributed by atoms with Crippen molar-refractivity contribution in [1.29, 1.82) is 0 Å². The first-order chi connectivity index (χ1) is 14.6. The van der Waals surface area contributed by atoms with Gasteiger partial charge < -0.3 is 19.3 Å². The van der Waals surface area contributed by atoms with Crippen molar-refractivity contribution in [3.05, 3.63) is 66.6 Å². The van der Waals surface area contributed by atoms with E-state index in [4.69, 9.17) is 14.0 Å². The third-order valence-electron chi connectivity index (χ3n) is 4.53. The van der Waals surface area contributed by atoms with Gasteiger partial charge in [-0.1, -0.05) is 29.4 Å². The third-order valence-corrected chi connectivity index (χ3v) is 4.53. The zero-order chi connectivity index (χ0) is 20.9. The molecule has 0 spiro atoms. The van der Waals surface area contributed by atoms with Crippen molar-refractivity contribution in [2.75, 3.05) is 7.11 Å². The second-order valence-electron chi connectivity index (χ2n) is 6.77. The first-order valence-electron chi connectivity index (χ1n) is 9.41. The number of fused-ring (bicyclic) bond motifs is 1. The number of rotatable bonds is 8. The van der Waals surface area contributed by atoms with Gasteiger partial charge in [0.15, 0.2) is 11.5 Å². The molecule has 0 bridgehead atoms. The van der Waals surface area contributed by atoms with Crippen LogP contribution < -0.4 is 14.8 Å². The predicted octanol–water partition coefficient (Wildman–Crippen LogP) is 2.83. The molecule has 9 nitrogen and oxygen atoms in total. The summed E-state index contributed by atoms with van der Waals surface area (Å²) < 4.78 is 18.2. The number of methoxy groups -OCH3 is 1. The van der Waals surface area contributed by atoms with Crippen LogP contribution in [0.15, 0.2) is 59.6 Å². The van der Waals surface area contributed by atoms with Gasteiger partial charge in [-0.15, -0.1) is 0 Å². The van der Waals surface area contributed by atoms with Gasteiger partial charge in [-0.3, -0.25) is 9.48 Å². The van der Waals surface area contributed by atoms with E-state index in [1.54, 1.807) is 24.2 Å². The molecule has 30 heavy (non-hydrogen) atoms. The minimum absolute atomic E-state index is 0.144. The molecule has 154 valence electrons. The third kappa shape index (κ3) is 4.24. The van der Waals surface area contributed by atoms with Crippen LogP contribution in [0.2, 0.25) is 0 Å². The van der Waals surface area contributed by atoms with E-state index in [1.165, 1.54) is 6.33 Å². The highest BCUT2D eigenvalue weighted by atomic mass is 16.5. The van der Waals surface area contributed by atoms with Gasteiger partial charge in [0.05, 0.1) is 13.7 Å². The second-order valence-corrected chi connectivity index (χ2v) is 6.77. The topological polar surface area (TPSA) is 104 Å². The molecule has 1 atom stereocenters. The number of hydrogen-bond donors (Lipinski definition) is 1. The molecule has 2 heterocycles. The van der Waals surface area contributed by atoms with Crippen LogP contribution in [-0.4, -0.2) is 39.0 Å². The van der Waals surface area contributed by atoms with E-state index in [-0.39, 0.29) is 24.2 Å². The van der Waals surface area contributed by atoms with E-state index in [1.807, 2.05) is 43.3 Å². The van der Waals surface area contributed by atoms with E-state index in [0.29, 0.717) is 18.1 Å². The standard InChI is InChI=1S/C21H21N5O4/c1-14(10-26-13-22-12-23-26)24-21(27)18-9-15(30-25-18)11-29-20-8-7-19(28-2)16-5-3-4-6-17(16)20/h3-9,12-14H,10-11H2,1-2H3,(H,24,27)/t14-/m0/s1. The Morgan fingerprint density at radius 3 is 2.70 bits per heavy atom. The highest BCUT2D eigenvalue weighted by Crippen LogP contribution is 2.33. The van der Waals surface area contributed by atoms with Gasteiger partial charge in [0.2, 0.25) is 0 Å². The summed E-state index contributed by atoms with van der Waals surface area (Å²) in [7, 11) is 1.64. The van der Waals surface area contributed by atoms with Crippen molar-refractivity contribution < 1.29 is 18.8 Å². The summed E-state index contributed by atoms with van der Waals surface area (Å²) in [6.45, 7) is 2.52. The Kier molecular flexibility index (Phi) is 5.60. The fraction of sp³-hybridized carbons (Fsp3) is 0.238. The van der Waals surface area contributed by atoms with Crippen LogP contribution in [0.5, 0.6) is 11.5 Å². The lowest BCUT2D eigenvalue weighted by Crippen LogP contribution is -2.36. The van der Waals surface area contributed by atoms with Gasteiger partial charge in [-0.25, -0.2) is 4.98 Å². The van der Waals surface area contributed by atoms with Crippen LogP contribution in [0.3, 0.4) is 0 Å². The Morgan fingerprint density at radius 2 is 1.97 bits per heavy atom. The summed E-state index contributed by atoms with van der Waals surface area (Å²) in [4.78, 5) is 16.3. The maximum Gasteiger partial charge on any atom is 0.273 e. The summed E-state index contributed by atoms with van der Waals surface area (Å²) >= 11 is 0. The number of nitrogens with one attached hydrogen (secondary N) is 1. The van der Waals surface area contributed by atoms with Gasteiger partial charge in [0.25, 0.3) is 5.91 Å². The van der Waals surface area contributed by atoms with Crippen LogP contribution in [-0.2, 0) is 13.2 Å². The average molecular weight is 407 g/mol. The number of hydrogen-bond acceptors (Lipinski definition) is 7. The Labute approximate surface area is 172 Å². The van der Waals surface area contributed by atoms with Crippen molar-refractivity contribution in [3.63, 3.8) is 0 Å². The van der Waals surface area contributed by atoms with E-state index in [2.05, 4.69) is 20.6 Å². The summed E-state index contributed by atoms with van der Waals surface area (Å²) in [5, 5.41) is 12.6. The molecular weight excluding hydrogens is 386 g/mol. The van der Waals surface area contributed by atoms with Gasteiger partial charge >= 0.3 is 0 Å². The summed E-state index contributed by atoms with van der Waals surface area (Å²) in [5.74, 6) is 1.59. The predicted molar refractivity (Wildman–Crippen MR) is 108 cm³/mol. The van der Waals surface area contributed by atoms with Crippen LogP contribution in [0.1, 0.15) is 23.2 Å². The molecule has 0 radical (unpaired) electrons. The molecule has 0 aliphatic rings. The lowest BCUT2D eigenvalue weighted by Gasteiger charge is -2.12. The Balaban J connectivity index is 1.39. The molecule has 2 aromatic carbocycles. The summed E-state index contributed by atoms with van der Waals surface area (Å²) in [6.07, 6.45) is 3.04. The lowest BCUT2D eigenvalue weighted by molar-refractivity contribution is 0.0926. The van der Waals surface area contributed by atoms with Gasteiger partial charge in [-0.2, -0.15) is 5.10 Å². The van der Waals surface area contributed by atoms with Crippen LogP contribution in [0, 0.1) is 0 Å². The molecule has 1 amide bonds. The number of benzene rings is 2. The van der Waals surface area contributed by atoms with Crippen molar-refractivity contribution in [1.82, 2.24) is 25.2 Å². The normalized spacial score (nSPS) is 11.9. The fourth-order valence-electron chi connectivity index (χ4n) is 3.14. The average Bonchev–Trinajstić information content (AvgIpc) is 3.44. The van der Waals surface area contributed by atoms with Gasteiger partial charge in [0.1, 0.15) is 30.8 Å². The number of ether oxygens (including phenoxy) is 2. The van der Waals surface area contributed by atoms with Crippen molar-refractivity contribution in [2.24, 2.45) is 0 Å². The molecule has 2 aromatic heterocycles. The second kappa shape index (κ2) is 8.64. The molecular formula is C21H21N5O4. The molecule has 4 aromatic rings. The quantitative estimate of drug-likeness (QED) is 0.479. The molecule has 0 saturated heterocycles. The number of amides is 1. The first kappa shape index (κ1) is 19.4. The summed E-state index contributed by atoms with van der Waals surface area (Å²) in [5.41, 5.74) is 0.193. The Morgan fingerprint density at radius 1 is 1.20 bits per heavy atom. The van der Waals surface area contributed by atoms with Crippen molar-refractivity contribution in [2.45, 2.75) is 26.1 Å². The maximum absolute atomic E-state index is 12.4. The fourth-order valence-corrected chi connectivity index (χ4v) is 3.14. The molecule has 0 fully saturated rings. The smallest absolute Gasteiger partial charge is 0.273 e. The van der Waals surface area contributed by atoms with E-state index < -0.39 is 0 Å². The molecule has 0 aliphatic carbocycles. The van der Waals surface area contributed by atoms with E-state index >= 15 is 0 Å². The maximum atomic E-state index is 12.4. The Bertz CT molecular complexity index is 1140. The molecule has 0 aliphatic heterocycles. The SMILES string of the molecule is COc1ccc(OCc2cc(C(=O)N[C@@H](C)Cn3cncn3)no2)c2ccccc12. The monoisotopic (exact) mass is 407 g/mol.